The number of amides is 1. The van der Waals surface area contributed by atoms with Crippen molar-refractivity contribution in [2.24, 2.45) is 17.6 Å². The Balaban J connectivity index is 2.33. The molecule has 1 aliphatic carbocycles. The highest BCUT2D eigenvalue weighted by Crippen LogP contribution is 2.28. The van der Waals surface area contributed by atoms with Crippen molar-refractivity contribution >= 4 is 5.91 Å². The lowest BCUT2D eigenvalue weighted by molar-refractivity contribution is -0.125. The molecule has 88 valence electrons. The molecule has 3 heteroatoms. The third-order valence-electron chi connectivity index (χ3n) is 3.40. The number of hydrogen-bond acceptors (Lipinski definition) is 2. The number of nitrogens with one attached hydrogen (secondary N) is 1. The summed E-state index contributed by atoms with van der Waals surface area (Å²) in [6.45, 7) is 6.56. The van der Waals surface area contributed by atoms with E-state index in [1.807, 2.05) is 0 Å². The fourth-order valence-corrected chi connectivity index (χ4v) is 2.15. The van der Waals surface area contributed by atoms with Crippen LogP contribution in [-0.2, 0) is 4.79 Å². The Kier molecular flexibility index (Phi) is 4.14. The molecule has 1 fully saturated rings. The third kappa shape index (κ3) is 3.82. The molecule has 0 spiro atoms. The molecule has 3 nitrogen and oxygen atoms in total. The van der Waals surface area contributed by atoms with E-state index in [4.69, 9.17) is 5.73 Å². The molecule has 2 atom stereocenters. The van der Waals surface area contributed by atoms with Gasteiger partial charge in [-0.3, -0.25) is 4.79 Å². The molecule has 1 aliphatic rings. The molecule has 1 rings (SSSR count). The van der Waals surface area contributed by atoms with Gasteiger partial charge in [-0.05, 0) is 32.1 Å². The van der Waals surface area contributed by atoms with Crippen molar-refractivity contribution in [3.8, 4) is 0 Å². The normalized spacial score (nSPS) is 27.5. The van der Waals surface area contributed by atoms with Crippen molar-refractivity contribution in [2.75, 3.05) is 6.54 Å². The quantitative estimate of drug-likeness (QED) is 0.747. The second-order valence-corrected chi connectivity index (χ2v) is 5.45. The third-order valence-corrected chi connectivity index (χ3v) is 3.40. The molecule has 2 unspecified atom stereocenters. The minimum absolute atomic E-state index is 0.0414. The van der Waals surface area contributed by atoms with Gasteiger partial charge in [-0.25, -0.2) is 0 Å². The predicted molar refractivity (Wildman–Crippen MR) is 62.4 cm³/mol. The molecular formula is C12H24N2O. The summed E-state index contributed by atoms with van der Waals surface area (Å²) in [4.78, 5) is 11.6. The van der Waals surface area contributed by atoms with Crippen molar-refractivity contribution in [1.82, 2.24) is 5.32 Å². The number of hydrogen-bond donors (Lipinski definition) is 2. The minimum atomic E-state index is -0.752. The molecule has 0 radical (unpaired) electrons. The molecule has 15 heavy (non-hydrogen) atoms. The summed E-state index contributed by atoms with van der Waals surface area (Å²) in [5.74, 6) is 1.34. The highest BCUT2D eigenvalue weighted by atomic mass is 16.2. The average Bonchev–Trinajstić information content (AvgIpc) is 2.14. The first kappa shape index (κ1) is 12.5. The molecule has 0 aromatic heterocycles. The van der Waals surface area contributed by atoms with Crippen LogP contribution in [0.5, 0.6) is 0 Å². The van der Waals surface area contributed by atoms with E-state index in [0.717, 1.165) is 12.5 Å². The Morgan fingerprint density at radius 3 is 2.53 bits per heavy atom. The van der Waals surface area contributed by atoms with Crippen LogP contribution < -0.4 is 11.1 Å². The molecule has 0 aliphatic heterocycles. The van der Waals surface area contributed by atoms with Gasteiger partial charge in [-0.2, -0.15) is 0 Å². The van der Waals surface area contributed by atoms with Crippen LogP contribution in [0.25, 0.3) is 0 Å². The van der Waals surface area contributed by atoms with Crippen molar-refractivity contribution in [2.45, 2.75) is 52.0 Å². The average molecular weight is 212 g/mol. The van der Waals surface area contributed by atoms with Gasteiger partial charge in [0.1, 0.15) is 0 Å². The molecule has 0 aromatic rings. The van der Waals surface area contributed by atoms with Crippen LogP contribution in [0.4, 0.5) is 0 Å². The van der Waals surface area contributed by atoms with Gasteiger partial charge in [-0.1, -0.05) is 26.2 Å². The summed E-state index contributed by atoms with van der Waals surface area (Å²) in [5.41, 5.74) is 4.97. The van der Waals surface area contributed by atoms with Crippen LogP contribution in [0, 0.1) is 11.8 Å². The lowest BCUT2D eigenvalue weighted by Gasteiger charge is -2.30. The molecule has 0 bridgehead atoms. The highest BCUT2D eigenvalue weighted by Gasteiger charge is 2.25. The lowest BCUT2D eigenvalue weighted by Crippen LogP contribution is -2.50. The van der Waals surface area contributed by atoms with Gasteiger partial charge < -0.3 is 11.1 Å². The first-order chi connectivity index (χ1) is 6.91. The standard InChI is InChI=1S/C12H24N2O/c1-9-6-4-5-7-10(9)8-14-11(15)12(2,3)13/h9-10H,4-8,13H2,1-3H3,(H,14,15). The van der Waals surface area contributed by atoms with Crippen molar-refractivity contribution in [1.29, 1.82) is 0 Å². The van der Waals surface area contributed by atoms with E-state index in [1.54, 1.807) is 13.8 Å². The predicted octanol–water partition coefficient (Wildman–Crippen LogP) is 1.67. The first-order valence-corrected chi connectivity index (χ1v) is 5.98. The second-order valence-electron chi connectivity index (χ2n) is 5.45. The van der Waals surface area contributed by atoms with E-state index in [1.165, 1.54) is 25.7 Å². The SMILES string of the molecule is CC1CCCCC1CNC(=O)C(C)(C)N. The number of nitrogens with two attached hydrogens (primary N) is 1. The topological polar surface area (TPSA) is 55.1 Å². The van der Waals surface area contributed by atoms with E-state index < -0.39 is 5.54 Å². The molecule has 0 heterocycles. The van der Waals surface area contributed by atoms with Crippen LogP contribution in [0.1, 0.15) is 46.5 Å². The van der Waals surface area contributed by atoms with Crippen LogP contribution in [0.15, 0.2) is 0 Å². The molecule has 0 aromatic carbocycles. The Morgan fingerprint density at radius 2 is 2.00 bits per heavy atom. The Hall–Kier alpha value is -0.570. The van der Waals surface area contributed by atoms with Crippen LogP contribution in [0.2, 0.25) is 0 Å². The minimum Gasteiger partial charge on any atom is -0.354 e. The van der Waals surface area contributed by atoms with Crippen molar-refractivity contribution in [3.63, 3.8) is 0 Å². The van der Waals surface area contributed by atoms with Crippen molar-refractivity contribution in [3.05, 3.63) is 0 Å². The summed E-state index contributed by atoms with van der Waals surface area (Å²) in [5, 5.41) is 2.96. The van der Waals surface area contributed by atoms with Crippen LogP contribution in [0.3, 0.4) is 0 Å². The van der Waals surface area contributed by atoms with Crippen LogP contribution in [-0.4, -0.2) is 18.0 Å². The zero-order valence-corrected chi connectivity index (χ0v) is 10.2. The van der Waals surface area contributed by atoms with Gasteiger partial charge in [0.05, 0.1) is 5.54 Å². The fraction of sp³-hybridized carbons (Fsp3) is 0.917. The van der Waals surface area contributed by atoms with Crippen molar-refractivity contribution < 1.29 is 4.79 Å². The van der Waals surface area contributed by atoms with E-state index in [0.29, 0.717) is 5.92 Å². The number of rotatable bonds is 3. The molecular weight excluding hydrogens is 188 g/mol. The summed E-state index contributed by atoms with van der Waals surface area (Å²) >= 11 is 0. The Morgan fingerprint density at radius 1 is 1.40 bits per heavy atom. The largest absolute Gasteiger partial charge is 0.354 e. The molecule has 1 amide bonds. The summed E-state index contributed by atoms with van der Waals surface area (Å²) in [6, 6.07) is 0. The van der Waals surface area contributed by atoms with Gasteiger partial charge in [0.2, 0.25) is 5.91 Å². The van der Waals surface area contributed by atoms with Crippen LogP contribution >= 0.6 is 0 Å². The lowest BCUT2D eigenvalue weighted by atomic mass is 9.80. The maximum atomic E-state index is 11.6. The number of carbonyl (C=O) groups excluding carboxylic acids is 1. The highest BCUT2D eigenvalue weighted by molar-refractivity contribution is 5.84. The van der Waals surface area contributed by atoms with E-state index in [-0.39, 0.29) is 5.91 Å². The van der Waals surface area contributed by atoms with E-state index in [9.17, 15) is 4.79 Å². The van der Waals surface area contributed by atoms with E-state index >= 15 is 0 Å². The van der Waals surface area contributed by atoms with Gasteiger partial charge in [0, 0.05) is 6.54 Å². The van der Waals surface area contributed by atoms with Gasteiger partial charge >= 0.3 is 0 Å². The molecule has 1 saturated carbocycles. The fourth-order valence-electron chi connectivity index (χ4n) is 2.15. The maximum absolute atomic E-state index is 11.6. The summed E-state index contributed by atoms with van der Waals surface area (Å²) < 4.78 is 0. The summed E-state index contributed by atoms with van der Waals surface area (Å²) in [7, 11) is 0. The van der Waals surface area contributed by atoms with Gasteiger partial charge in [0.25, 0.3) is 0 Å². The zero-order chi connectivity index (χ0) is 11.5. The Bertz CT molecular complexity index is 220. The molecule has 0 saturated heterocycles. The first-order valence-electron chi connectivity index (χ1n) is 5.98. The van der Waals surface area contributed by atoms with Gasteiger partial charge in [-0.15, -0.1) is 0 Å². The van der Waals surface area contributed by atoms with Gasteiger partial charge in [0.15, 0.2) is 0 Å². The monoisotopic (exact) mass is 212 g/mol. The second kappa shape index (κ2) is 4.97. The zero-order valence-electron chi connectivity index (χ0n) is 10.2. The summed E-state index contributed by atoms with van der Waals surface area (Å²) in [6.07, 6.45) is 5.18. The Labute approximate surface area is 92.8 Å². The maximum Gasteiger partial charge on any atom is 0.239 e. The molecule has 3 N–H and O–H groups in total. The number of carbonyl (C=O) groups is 1. The smallest absolute Gasteiger partial charge is 0.239 e. The van der Waals surface area contributed by atoms with E-state index in [2.05, 4.69) is 12.2 Å².